The first-order valence-electron chi connectivity index (χ1n) is 6.51. The summed E-state index contributed by atoms with van der Waals surface area (Å²) < 4.78 is 5.11. The number of nitrogens with two attached hydrogens (primary N) is 1. The van der Waals surface area contributed by atoms with Crippen molar-refractivity contribution < 1.29 is 14.6 Å². The number of hydrogen-bond acceptors (Lipinski definition) is 4. The topological polar surface area (TPSA) is 84.6 Å². The molecule has 0 spiro atoms. The van der Waals surface area contributed by atoms with Crippen molar-refractivity contribution in [3.8, 4) is 0 Å². The van der Waals surface area contributed by atoms with Gasteiger partial charge in [-0.05, 0) is 12.0 Å². The van der Waals surface area contributed by atoms with Crippen molar-refractivity contribution in [3.63, 3.8) is 0 Å². The number of hydrogen-bond donors (Lipinski definition) is 3. The molecule has 5 nitrogen and oxygen atoms in total. The fraction of sp³-hybridized carbons (Fsp3) is 0.500. The molecule has 0 saturated heterocycles. The summed E-state index contributed by atoms with van der Waals surface area (Å²) in [6.45, 7) is 1.73. The van der Waals surface area contributed by atoms with Crippen LogP contribution in [0.3, 0.4) is 0 Å². The summed E-state index contributed by atoms with van der Waals surface area (Å²) in [7, 11) is 0. The molecule has 0 aliphatic rings. The summed E-state index contributed by atoms with van der Waals surface area (Å²) in [5, 5.41) is 11.4. The number of rotatable bonds is 9. The summed E-state index contributed by atoms with van der Waals surface area (Å²) in [5.74, 6) is -0.365. The fourth-order valence-electron chi connectivity index (χ4n) is 1.76. The van der Waals surface area contributed by atoms with Gasteiger partial charge in [-0.15, -0.1) is 0 Å². The lowest BCUT2D eigenvalue weighted by Crippen LogP contribution is -2.34. The summed E-state index contributed by atoms with van der Waals surface area (Å²) in [6, 6.07) is 9.51. The predicted molar refractivity (Wildman–Crippen MR) is 73.8 cm³/mol. The quantitative estimate of drug-likeness (QED) is 0.559. The monoisotopic (exact) mass is 266 g/mol. The zero-order chi connectivity index (χ0) is 13.9. The smallest absolute Gasteiger partial charge is 0.228 e. The number of carbonyl (C=O) groups is 1. The molecule has 1 amide bonds. The van der Waals surface area contributed by atoms with Gasteiger partial charge in [-0.25, -0.2) is 0 Å². The van der Waals surface area contributed by atoms with E-state index in [9.17, 15) is 4.79 Å². The lowest BCUT2D eigenvalue weighted by molar-refractivity contribution is -0.122. The highest BCUT2D eigenvalue weighted by atomic mass is 16.5. The maximum atomic E-state index is 12.0. The van der Waals surface area contributed by atoms with E-state index >= 15 is 0 Å². The Morgan fingerprint density at radius 1 is 1.32 bits per heavy atom. The van der Waals surface area contributed by atoms with Crippen LogP contribution < -0.4 is 11.1 Å². The zero-order valence-electron chi connectivity index (χ0n) is 11.0. The van der Waals surface area contributed by atoms with E-state index in [2.05, 4.69) is 5.32 Å². The molecule has 1 unspecified atom stereocenters. The van der Waals surface area contributed by atoms with Crippen LogP contribution in [-0.2, 0) is 9.53 Å². The Labute approximate surface area is 113 Å². The molecule has 4 N–H and O–H groups in total. The molecule has 106 valence electrons. The van der Waals surface area contributed by atoms with E-state index in [1.165, 1.54) is 0 Å². The summed E-state index contributed by atoms with van der Waals surface area (Å²) in [6.07, 6.45) is 0.720. The maximum Gasteiger partial charge on any atom is 0.228 e. The Balaban J connectivity index is 2.31. The average Bonchev–Trinajstić information content (AvgIpc) is 2.45. The molecular formula is C14H22N2O3. The lowest BCUT2D eigenvalue weighted by atomic mass is 9.98. The second-order valence-electron chi connectivity index (χ2n) is 4.18. The highest BCUT2D eigenvalue weighted by Gasteiger charge is 2.17. The number of ether oxygens (including phenoxy) is 1. The van der Waals surface area contributed by atoms with E-state index in [0.29, 0.717) is 19.8 Å². The molecule has 0 radical (unpaired) electrons. The van der Waals surface area contributed by atoms with Crippen molar-refractivity contribution in [1.82, 2.24) is 5.32 Å². The van der Waals surface area contributed by atoms with Gasteiger partial charge in [0.05, 0.1) is 19.1 Å². The van der Waals surface area contributed by atoms with Gasteiger partial charge in [-0.2, -0.15) is 0 Å². The van der Waals surface area contributed by atoms with Gasteiger partial charge in [-0.3, -0.25) is 4.79 Å². The first kappa shape index (κ1) is 15.6. The second kappa shape index (κ2) is 9.49. The molecule has 0 aromatic heterocycles. The first-order chi connectivity index (χ1) is 9.29. The number of benzene rings is 1. The Hall–Kier alpha value is -1.43. The molecule has 1 aromatic rings. The van der Waals surface area contributed by atoms with Crippen molar-refractivity contribution >= 4 is 5.91 Å². The number of amides is 1. The first-order valence-corrected chi connectivity index (χ1v) is 6.51. The molecule has 0 heterocycles. The van der Waals surface area contributed by atoms with E-state index in [0.717, 1.165) is 12.0 Å². The molecule has 0 aliphatic carbocycles. The molecule has 1 atom stereocenters. The van der Waals surface area contributed by atoms with Crippen LogP contribution in [0.1, 0.15) is 17.9 Å². The number of aliphatic hydroxyl groups is 1. The second-order valence-corrected chi connectivity index (χ2v) is 4.18. The van der Waals surface area contributed by atoms with Crippen LogP contribution in [0.15, 0.2) is 30.3 Å². The molecule has 0 aliphatic heterocycles. The zero-order valence-corrected chi connectivity index (χ0v) is 11.0. The van der Waals surface area contributed by atoms with Crippen LogP contribution in [0, 0.1) is 0 Å². The summed E-state index contributed by atoms with van der Waals surface area (Å²) >= 11 is 0. The van der Waals surface area contributed by atoms with Crippen LogP contribution in [-0.4, -0.2) is 43.9 Å². The van der Waals surface area contributed by atoms with Gasteiger partial charge in [-0.1, -0.05) is 30.3 Å². The third kappa shape index (κ3) is 5.83. The molecule has 1 rings (SSSR count). The lowest BCUT2D eigenvalue weighted by Gasteiger charge is -2.15. The molecule has 0 fully saturated rings. The van der Waals surface area contributed by atoms with Gasteiger partial charge in [0, 0.05) is 19.7 Å². The third-order valence-corrected chi connectivity index (χ3v) is 2.75. The summed E-state index contributed by atoms with van der Waals surface area (Å²) in [5.41, 5.74) is 6.59. The molecule has 19 heavy (non-hydrogen) atoms. The van der Waals surface area contributed by atoms with Crippen LogP contribution in [0.25, 0.3) is 0 Å². The molecular weight excluding hydrogens is 244 g/mol. The molecule has 5 heteroatoms. The number of nitrogens with one attached hydrogen (secondary N) is 1. The summed E-state index contributed by atoms with van der Waals surface area (Å²) in [4.78, 5) is 12.0. The fourth-order valence-corrected chi connectivity index (χ4v) is 1.76. The SMILES string of the molecule is NCC(C(=O)NCCCOCCO)c1ccccc1. The Bertz CT molecular complexity index is 357. The van der Waals surface area contributed by atoms with Gasteiger partial charge in [0.25, 0.3) is 0 Å². The third-order valence-electron chi connectivity index (χ3n) is 2.75. The van der Waals surface area contributed by atoms with E-state index in [1.54, 1.807) is 0 Å². The highest BCUT2D eigenvalue weighted by Crippen LogP contribution is 2.13. The van der Waals surface area contributed by atoms with Crippen LogP contribution >= 0.6 is 0 Å². The Morgan fingerprint density at radius 3 is 2.68 bits per heavy atom. The van der Waals surface area contributed by atoms with E-state index in [4.69, 9.17) is 15.6 Å². The normalized spacial score (nSPS) is 12.1. The standard InChI is InChI=1S/C14H22N2O3/c15-11-13(12-5-2-1-3-6-12)14(18)16-7-4-9-19-10-8-17/h1-3,5-6,13,17H,4,7-11,15H2,(H,16,18). The predicted octanol–water partition coefficient (Wildman–Crippen LogP) is 0.244. The number of aliphatic hydroxyl groups excluding tert-OH is 1. The van der Waals surface area contributed by atoms with Gasteiger partial charge >= 0.3 is 0 Å². The average molecular weight is 266 g/mol. The minimum absolute atomic E-state index is 0.0234. The van der Waals surface area contributed by atoms with E-state index in [1.807, 2.05) is 30.3 Å². The van der Waals surface area contributed by atoms with Gasteiger partial charge < -0.3 is 20.9 Å². The van der Waals surface area contributed by atoms with Crippen LogP contribution in [0.5, 0.6) is 0 Å². The largest absolute Gasteiger partial charge is 0.394 e. The maximum absolute atomic E-state index is 12.0. The van der Waals surface area contributed by atoms with Gasteiger partial charge in [0.1, 0.15) is 0 Å². The highest BCUT2D eigenvalue weighted by molar-refractivity contribution is 5.83. The van der Waals surface area contributed by atoms with E-state index < -0.39 is 0 Å². The van der Waals surface area contributed by atoms with Gasteiger partial charge in [0.15, 0.2) is 0 Å². The molecule has 0 bridgehead atoms. The van der Waals surface area contributed by atoms with Crippen molar-refractivity contribution in [1.29, 1.82) is 0 Å². The van der Waals surface area contributed by atoms with Crippen molar-refractivity contribution in [2.75, 3.05) is 32.9 Å². The molecule has 1 aromatic carbocycles. The Kier molecular flexibility index (Phi) is 7.81. The van der Waals surface area contributed by atoms with Gasteiger partial charge in [0.2, 0.25) is 5.91 Å². The Morgan fingerprint density at radius 2 is 2.05 bits per heavy atom. The minimum Gasteiger partial charge on any atom is -0.394 e. The van der Waals surface area contributed by atoms with Crippen molar-refractivity contribution in [3.05, 3.63) is 35.9 Å². The number of carbonyl (C=O) groups excluding carboxylic acids is 1. The molecule has 0 saturated carbocycles. The van der Waals surface area contributed by atoms with Crippen LogP contribution in [0.2, 0.25) is 0 Å². The minimum atomic E-state index is -0.306. The van der Waals surface area contributed by atoms with E-state index in [-0.39, 0.29) is 25.0 Å². The van der Waals surface area contributed by atoms with Crippen molar-refractivity contribution in [2.45, 2.75) is 12.3 Å². The van der Waals surface area contributed by atoms with Crippen molar-refractivity contribution in [2.24, 2.45) is 5.73 Å². The van der Waals surface area contributed by atoms with Crippen LogP contribution in [0.4, 0.5) is 0 Å².